The van der Waals surface area contributed by atoms with Crippen molar-refractivity contribution >= 4 is 22.1 Å². The van der Waals surface area contributed by atoms with Crippen molar-refractivity contribution in [1.82, 2.24) is 19.8 Å². The lowest BCUT2D eigenvalue weighted by Crippen LogP contribution is -2.59. The summed E-state index contributed by atoms with van der Waals surface area (Å²) in [5, 5.41) is 5.12. The number of piperidine rings is 1. The minimum atomic E-state index is -3.84. The standard InChI is InChI=1S/C23H32N6O4S/c1-17-14-28(22-25-12-21(13-26-22)34(24,31)32)15-18(2)29(17)23(30)33-20-8-10-27(11-9-20)16-19-6-4-3-5-7-19/h3-7,12-13,17-18,20H,8-11,14-16H2,1-2H3,(H2,24,31,32)/t17-,18+. The molecule has 10 nitrogen and oxygen atoms in total. The van der Waals surface area contributed by atoms with Gasteiger partial charge in [0.1, 0.15) is 11.0 Å². The van der Waals surface area contributed by atoms with Crippen molar-refractivity contribution in [3.8, 4) is 0 Å². The van der Waals surface area contributed by atoms with E-state index in [-0.39, 0.29) is 29.2 Å². The number of sulfonamides is 1. The van der Waals surface area contributed by atoms with Crippen LogP contribution in [0.3, 0.4) is 0 Å². The highest BCUT2D eigenvalue weighted by molar-refractivity contribution is 7.89. The molecular formula is C23H32N6O4S. The summed E-state index contributed by atoms with van der Waals surface area (Å²) in [6, 6.07) is 10.2. The van der Waals surface area contributed by atoms with Gasteiger partial charge in [0.05, 0.1) is 24.5 Å². The van der Waals surface area contributed by atoms with Gasteiger partial charge in [-0.15, -0.1) is 0 Å². The average molecular weight is 489 g/mol. The van der Waals surface area contributed by atoms with Crippen LogP contribution in [0.15, 0.2) is 47.6 Å². The van der Waals surface area contributed by atoms with Crippen LogP contribution < -0.4 is 10.0 Å². The molecule has 11 heteroatoms. The first-order chi connectivity index (χ1) is 16.2. The third-order valence-electron chi connectivity index (χ3n) is 6.41. The van der Waals surface area contributed by atoms with Gasteiger partial charge in [-0.2, -0.15) is 0 Å². The van der Waals surface area contributed by atoms with E-state index in [4.69, 9.17) is 9.88 Å². The van der Waals surface area contributed by atoms with Gasteiger partial charge in [0.25, 0.3) is 0 Å². The van der Waals surface area contributed by atoms with E-state index in [1.54, 1.807) is 4.90 Å². The molecule has 34 heavy (non-hydrogen) atoms. The SMILES string of the molecule is C[C@@H]1CN(c2ncc(S(N)(=O)=O)cn2)C[C@H](C)N1C(=O)OC1CCN(Cc2ccccc2)CC1. The minimum Gasteiger partial charge on any atom is -0.446 e. The predicted octanol–water partition coefficient (Wildman–Crippen LogP) is 1.82. The third-order valence-corrected chi connectivity index (χ3v) is 7.27. The number of aromatic nitrogens is 2. The number of hydrogen-bond acceptors (Lipinski definition) is 8. The molecule has 184 valence electrons. The summed E-state index contributed by atoms with van der Waals surface area (Å²) >= 11 is 0. The number of amides is 1. The van der Waals surface area contributed by atoms with Crippen LogP contribution in [0, 0.1) is 0 Å². The van der Waals surface area contributed by atoms with E-state index in [1.165, 1.54) is 18.0 Å². The molecule has 1 aromatic carbocycles. The number of primary sulfonamides is 1. The van der Waals surface area contributed by atoms with Crippen molar-refractivity contribution in [3.05, 3.63) is 48.3 Å². The van der Waals surface area contributed by atoms with Gasteiger partial charge in [-0.1, -0.05) is 30.3 Å². The summed E-state index contributed by atoms with van der Waals surface area (Å²) in [6.45, 7) is 7.68. The molecule has 3 heterocycles. The first-order valence-corrected chi connectivity index (χ1v) is 13.1. The van der Waals surface area contributed by atoms with E-state index >= 15 is 0 Å². The first-order valence-electron chi connectivity index (χ1n) is 11.6. The largest absolute Gasteiger partial charge is 0.446 e. The Morgan fingerprint density at radius 2 is 1.65 bits per heavy atom. The van der Waals surface area contributed by atoms with E-state index in [1.807, 2.05) is 24.8 Å². The van der Waals surface area contributed by atoms with Crippen molar-refractivity contribution in [2.24, 2.45) is 5.14 Å². The highest BCUT2D eigenvalue weighted by atomic mass is 32.2. The number of carbonyl (C=O) groups is 1. The molecule has 2 aromatic rings. The summed E-state index contributed by atoms with van der Waals surface area (Å²) in [7, 11) is -3.84. The minimum absolute atomic E-state index is 0.0777. The zero-order chi connectivity index (χ0) is 24.3. The molecule has 2 saturated heterocycles. The van der Waals surface area contributed by atoms with E-state index in [9.17, 15) is 13.2 Å². The maximum atomic E-state index is 13.0. The quantitative estimate of drug-likeness (QED) is 0.676. The van der Waals surface area contributed by atoms with Crippen LogP contribution in [0.5, 0.6) is 0 Å². The molecule has 1 aromatic heterocycles. The second kappa shape index (κ2) is 10.2. The number of hydrogen-bond donors (Lipinski definition) is 1. The van der Waals surface area contributed by atoms with Gasteiger partial charge in [0.15, 0.2) is 0 Å². The number of nitrogens with zero attached hydrogens (tertiary/aromatic N) is 5. The maximum Gasteiger partial charge on any atom is 0.410 e. The van der Waals surface area contributed by atoms with Crippen LogP contribution in [0.1, 0.15) is 32.3 Å². The molecule has 0 radical (unpaired) electrons. The average Bonchev–Trinajstić information content (AvgIpc) is 2.80. The van der Waals surface area contributed by atoms with Crippen molar-refractivity contribution in [1.29, 1.82) is 0 Å². The van der Waals surface area contributed by atoms with Crippen LogP contribution in [0.2, 0.25) is 0 Å². The molecule has 2 aliphatic heterocycles. The normalized spacial score (nSPS) is 22.6. The molecule has 2 fully saturated rings. The Balaban J connectivity index is 1.29. The molecule has 4 rings (SSSR count). The first kappa shape index (κ1) is 24.4. The van der Waals surface area contributed by atoms with Gasteiger partial charge in [-0.05, 0) is 32.3 Å². The van der Waals surface area contributed by atoms with Crippen molar-refractivity contribution in [2.75, 3.05) is 31.1 Å². The summed E-state index contributed by atoms with van der Waals surface area (Å²) in [5.74, 6) is 0.407. The Bertz CT molecular complexity index is 1060. The van der Waals surface area contributed by atoms with Crippen LogP contribution in [-0.2, 0) is 21.3 Å². The molecule has 0 bridgehead atoms. The predicted molar refractivity (Wildman–Crippen MR) is 128 cm³/mol. The molecule has 0 aliphatic carbocycles. The Labute approximate surface area is 200 Å². The lowest BCUT2D eigenvalue weighted by Gasteiger charge is -2.44. The third kappa shape index (κ3) is 5.83. The second-order valence-electron chi connectivity index (χ2n) is 9.12. The smallest absolute Gasteiger partial charge is 0.410 e. The van der Waals surface area contributed by atoms with Gasteiger partial charge in [0, 0.05) is 32.7 Å². The highest BCUT2D eigenvalue weighted by Gasteiger charge is 2.36. The fourth-order valence-electron chi connectivity index (χ4n) is 4.70. The molecule has 0 spiro atoms. The van der Waals surface area contributed by atoms with E-state index in [0.717, 1.165) is 32.5 Å². The van der Waals surface area contributed by atoms with Crippen molar-refractivity contribution in [2.45, 2.75) is 56.3 Å². The number of piperazine rings is 1. The summed E-state index contributed by atoms with van der Waals surface area (Å²) in [5.41, 5.74) is 1.29. The number of nitrogens with two attached hydrogens (primary N) is 1. The van der Waals surface area contributed by atoms with E-state index in [2.05, 4.69) is 39.1 Å². The summed E-state index contributed by atoms with van der Waals surface area (Å²) in [4.78, 5) is 27.3. The van der Waals surface area contributed by atoms with Gasteiger partial charge < -0.3 is 9.64 Å². The van der Waals surface area contributed by atoms with Crippen LogP contribution in [0.4, 0.5) is 10.7 Å². The summed E-state index contributed by atoms with van der Waals surface area (Å²) < 4.78 is 28.8. The van der Waals surface area contributed by atoms with E-state index in [0.29, 0.717) is 19.0 Å². The number of benzene rings is 1. The fourth-order valence-corrected chi connectivity index (χ4v) is 5.10. The molecule has 2 atom stereocenters. The zero-order valence-corrected chi connectivity index (χ0v) is 20.4. The molecule has 2 N–H and O–H groups in total. The fraction of sp³-hybridized carbons (Fsp3) is 0.522. The lowest BCUT2D eigenvalue weighted by molar-refractivity contribution is 0.00995. The molecule has 1 amide bonds. The lowest BCUT2D eigenvalue weighted by atomic mass is 10.1. The monoisotopic (exact) mass is 488 g/mol. The molecular weight excluding hydrogens is 456 g/mol. The Kier molecular flexibility index (Phi) is 7.34. The zero-order valence-electron chi connectivity index (χ0n) is 19.6. The number of anilines is 1. The van der Waals surface area contributed by atoms with Gasteiger partial charge in [-0.3, -0.25) is 9.80 Å². The molecule has 2 aliphatic rings. The topological polar surface area (TPSA) is 122 Å². The number of likely N-dealkylation sites (tertiary alicyclic amines) is 1. The van der Waals surface area contributed by atoms with Crippen LogP contribution in [-0.4, -0.2) is 78.6 Å². The van der Waals surface area contributed by atoms with Gasteiger partial charge in [0.2, 0.25) is 16.0 Å². The Morgan fingerprint density at radius 3 is 2.21 bits per heavy atom. The highest BCUT2D eigenvalue weighted by Crippen LogP contribution is 2.23. The number of ether oxygens (including phenoxy) is 1. The van der Waals surface area contributed by atoms with Crippen molar-refractivity contribution in [3.63, 3.8) is 0 Å². The number of carbonyl (C=O) groups excluding carboxylic acids is 1. The van der Waals surface area contributed by atoms with Crippen molar-refractivity contribution < 1.29 is 17.9 Å². The molecule has 0 unspecified atom stereocenters. The Hall–Kier alpha value is -2.76. The summed E-state index contributed by atoms with van der Waals surface area (Å²) in [6.07, 6.45) is 3.70. The number of rotatable bonds is 5. The van der Waals surface area contributed by atoms with Gasteiger partial charge in [-0.25, -0.2) is 28.3 Å². The Morgan fingerprint density at radius 1 is 1.06 bits per heavy atom. The van der Waals surface area contributed by atoms with Crippen LogP contribution >= 0.6 is 0 Å². The van der Waals surface area contributed by atoms with Gasteiger partial charge >= 0.3 is 6.09 Å². The maximum absolute atomic E-state index is 13.0. The molecule has 0 saturated carbocycles. The van der Waals surface area contributed by atoms with E-state index < -0.39 is 10.0 Å². The van der Waals surface area contributed by atoms with Crippen LogP contribution in [0.25, 0.3) is 0 Å². The second-order valence-corrected chi connectivity index (χ2v) is 10.7.